The van der Waals surface area contributed by atoms with Crippen molar-refractivity contribution >= 4 is 0 Å². The third kappa shape index (κ3) is 3.30. The van der Waals surface area contributed by atoms with Crippen molar-refractivity contribution in [2.24, 2.45) is 5.92 Å². The highest BCUT2D eigenvalue weighted by atomic mass is 15.2. The monoisotopic (exact) mass is 261 g/mol. The molecule has 3 saturated carbocycles. The molecule has 0 bridgehead atoms. The van der Waals surface area contributed by atoms with E-state index in [0.717, 1.165) is 12.6 Å². The first-order chi connectivity index (χ1) is 9.27. The molecule has 0 saturated heterocycles. The summed E-state index contributed by atoms with van der Waals surface area (Å²) in [7, 11) is 0. The van der Waals surface area contributed by atoms with E-state index in [1.54, 1.807) is 0 Å². The lowest BCUT2D eigenvalue weighted by atomic mass is 9.93. The van der Waals surface area contributed by atoms with Crippen LogP contribution in [0.3, 0.4) is 0 Å². The lowest BCUT2D eigenvalue weighted by Crippen LogP contribution is -2.55. The predicted molar refractivity (Wildman–Crippen MR) is 76.7 cm³/mol. The minimum atomic E-state index is -0.239. The first-order valence-electron chi connectivity index (χ1n) is 8.20. The zero-order valence-corrected chi connectivity index (χ0v) is 12.2. The molecule has 3 aliphatic rings. The Morgan fingerprint density at radius 2 is 1.95 bits per heavy atom. The Labute approximate surface area is 117 Å². The summed E-state index contributed by atoms with van der Waals surface area (Å²) in [6, 6.07) is 4.09. The van der Waals surface area contributed by atoms with Gasteiger partial charge < -0.3 is 0 Å². The molecule has 0 aromatic carbocycles. The fraction of sp³-hybridized carbons (Fsp3) is 0.938. The van der Waals surface area contributed by atoms with E-state index in [4.69, 9.17) is 0 Å². The molecule has 1 N–H and O–H groups in total. The van der Waals surface area contributed by atoms with Crippen molar-refractivity contribution < 1.29 is 0 Å². The molecule has 0 aromatic heterocycles. The summed E-state index contributed by atoms with van der Waals surface area (Å²) in [6.45, 7) is 4.41. The molecule has 0 aliphatic heterocycles. The van der Waals surface area contributed by atoms with Gasteiger partial charge in [-0.3, -0.25) is 10.2 Å². The Morgan fingerprint density at radius 3 is 2.42 bits per heavy atom. The minimum absolute atomic E-state index is 0.239. The standard InChI is InChI=1S/C16H27N3/c1-2-3-10-19(15-8-9-15)12-16(11-17,13-4-5-13)18-14-6-7-14/h13-15,18H,2-10,12H2,1H3. The first-order valence-corrected chi connectivity index (χ1v) is 8.20. The van der Waals surface area contributed by atoms with E-state index < -0.39 is 0 Å². The summed E-state index contributed by atoms with van der Waals surface area (Å²) in [5.74, 6) is 0.612. The maximum Gasteiger partial charge on any atom is 0.122 e. The van der Waals surface area contributed by atoms with Gasteiger partial charge in [-0.1, -0.05) is 13.3 Å². The highest BCUT2D eigenvalue weighted by Crippen LogP contribution is 2.43. The van der Waals surface area contributed by atoms with E-state index in [0.29, 0.717) is 12.0 Å². The highest BCUT2D eigenvalue weighted by molar-refractivity contribution is 5.19. The number of nitrogens with one attached hydrogen (secondary N) is 1. The van der Waals surface area contributed by atoms with Gasteiger partial charge in [-0.25, -0.2) is 0 Å². The van der Waals surface area contributed by atoms with Crippen LogP contribution in [-0.2, 0) is 0 Å². The Bertz CT molecular complexity index is 349. The van der Waals surface area contributed by atoms with E-state index >= 15 is 0 Å². The summed E-state index contributed by atoms with van der Waals surface area (Å²) >= 11 is 0. The molecule has 0 radical (unpaired) electrons. The van der Waals surface area contributed by atoms with Crippen LogP contribution in [0.5, 0.6) is 0 Å². The van der Waals surface area contributed by atoms with E-state index in [1.807, 2.05) is 0 Å². The number of hydrogen-bond donors (Lipinski definition) is 1. The minimum Gasteiger partial charge on any atom is -0.297 e. The van der Waals surface area contributed by atoms with Crippen LogP contribution in [0.1, 0.15) is 58.3 Å². The Morgan fingerprint density at radius 1 is 1.21 bits per heavy atom. The maximum absolute atomic E-state index is 9.80. The molecule has 106 valence electrons. The molecule has 0 aromatic rings. The topological polar surface area (TPSA) is 39.1 Å². The molecule has 0 spiro atoms. The van der Waals surface area contributed by atoms with E-state index in [-0.39, 0.29) is 5.54 Å². The number of rotatable bonds is 9. The van der Waals surface area contributed by atoms with Crippen LogP contribution in [0.2, 0.25) is 0 Å². The van der Waals surface area contributed by atoms with Crippen LogP contribution < -0.4 is 5.32 Å². The zero-order valence-electron chi connectivity index (χ0n) is 12.2. The molecule has 1 atom stereocenters. The fourth-order valence-electron chi connectivity index (χ4n) is 3.13. The van der Waals surface area contributed by atoms with Crippen molar-refractivity contribution in [3.63, 3.8) is 0 Å². The van der Waals surface area contributed by atoms with Crippen molar-refractivity contribution in [3.05, 3.63) is 0 Å². The SMILES string of the molecule is CCCCN(CC(C#N)(NC1CC1)C1CC1)C1CC1. The second-order valence-corrected chi connectivity index (χ2v) is 6.83. The normalized spacial score (nSPS) is 26.2. The third-order valence-electron chi connectivity index (χ3n) is 4.83. The van der Waals surface area contributed by atoms with Gasteiger partial charge in [-0.2, -0.15) is 5.26 Å². The van der Waals surface area contributed by atoms with Crippen LogP contribution >= 0.6 is 0 Å². The van der Waals surface area contributed by atoms with Crippen molar-refractivity contribution in [1.29, 1.82) is 5.26 Å². The lowest BCUT2D eigenvalue weighted by molar-refractivity contribution is 0.184. The molecule has 1 unspecified atom stereocenters. The smallest absolute Gasteiger partial charge is 0.122 e. The summed E-state index contributed by atoms with van der Waals surface area (Å²) in [4.78, 5) is 2.61. The van der Waals surface area contributed by atoms with Crippen LogP contribution in [0.25, 0.3) is 0 Å². The van der Waals surface area contributed by atoms with Gasteiger partial charge in [0.15, 0.2) is 0 Å². The predicted octanol–water partition coefficient (Wildman–Crippen LogP) is 2.68. The molecule has 0 heterocycles. The largest absolute Gasteiger partial charge is 0.297 e. The van der Waals surface area contributed by atoms with E-state index in [2.05, 4.69) is 23.2 Å². The fourth-order valence-corrected chi connectivity index (χ4v) is 3.13. The molecule has 3 rings (SSSR count). The van der Waals surface area contributed by atoms with Gasteiger partial charge in [0.2, 0.25) is 0 Å². The highest BCUT2D eigenvalue weighted by Gasteiger charge is 2.50. The number of unbranched alkanes of at least 4 members (excludes halogenated alkanes) is 1. The van der Waals surface area contributed by atoms with Gasteiger partial charge >= 0.3 is 0 Å². The van der Waals surface area contributed by atoms with Crippen molar-refractivity contribution in [2.45, 2.75) is 75.9 Å². The molecular weight excluding hydrogens is 234 g/mol. The summed E-state index contributed by atoms with van der Waals surface area (Å²) in [5.41, 5.74) is -0.239. The average Bonchev–Trinajstić information content (AvgIpc) is 3.29. The maximum atomic E-state index is 9.80. The first kappa shape index (κ1) is 13.4. The quantitative estimate of drug-likeness (QED) is 0.693. The third-order valence-corrected chi connectivity index (χ3v) is 4.83. The van der Waals surface area contributed by atoms with Gasteiger partial charge in [0.1, 0.15) is 5.54 Å². The molecule has 3 heteroatoms. The summed E-state index contributed by atoms with van der Waals surface area (Å²) in [6.07, 6.45) is 10.3. The Kier molecular flexibility index (Phi) is 3.82. The lowest BCUT2D eigenvalue weighted by Gasteiger charge is -2.35. The second kappa shape index (κ2) is 5.42. The van der Waals surface area contributed by atoms with Crippen LogP contribution in [0.4, 0.5) is 0 Å². The molecule has 3 aliphatic carbocycles. The van der Waals surface area contributed by atoms with Crippen LogP contribution in [0.15, 0.2) is 0 Å². The zero-order chi connectivity index (χ0) is 13.3. The Balaban J connectivity index is 1.65. The molecule has 0 amide bonds. The number of nitriles is 1. The van der Waals surface area contributed by atoms with Crippen molar-refractivity contribution in [1.82, 2.24) is 10.2 Å². The Hall–Kier alpha value is -0.590. The van der Waals surface area contributed by atoms with Gasteiger partial charge in [0.05, 0.1) is 6.07 Å². The van der Waals surface area contributed by atoms with E-state index in [9.17, 15) is 5.26 Å². The van der Waals surface area contributed by atoms with Gasteiger partial charge in [-0.15, -0.1) is 0 Å². The number of hydrogen-bond acceptors (Lipinski definition) is 3. The molecule has 3 nitrogen and oxygen atoms in total. The van der Waals surface area contributed by atoms with Crippen molar-refractivity contribution in [3.8, 4) is 6.07 Å². The summed E-state index contributed by atoms with van der Waals surface area (Å²) < 4.78 is 0. The molecule has 19 heavy (non-hydrogen) atoms. The molecule has 3 fully saturated rings. The van der Waals surface area contributed by atoms with Gasteiger partial charge in [-0.05, 0) is 57.4 Å². The average molecular weight is 261 g/mol. The number of nitrogens with zero attached hydrogens (tertiary/aromatic N) is 2. The second-order valence-electron chi connectivity index (χ2n) is 6.83. The summed E-state index contributed by atoms with van der Waals surface area (Å²) in [5, 5.41) is 13.5. The van der Waals surface area contributed by atoms with Gasteiger partial charge in [0.25, 0.3) is 0 Å². The van der Waals surface area contributed by atoms with E-state index in [1.165, 1.54) is 57.9 Å². The van der Waals surface area contributed by atoms with Crippen LogP contribution in [0, 0.1) is 17.2 Å². The molecular formula is C16H27N3. The van der Waals surface area contributed by atoms with Gasteiger partial charge in [0, 0.05) is 18.6 Å². The van der Waals surface area contributed by atoms with Crippen LogP contribution in [-0.4, -0.2) is 35.6 Å². The van der Waals surface area contributed by atoms with Crippen molar-refractivity contribution in [2.75, 3.05) is 13.1 Å².